The zero-order valence-corrected chi connectivity index (χ0v) is 38.7. The van der Waals surface area contributed by atoms with Crippen molar-refractivity contribution in [1.82, 2.24) is 5.32 Å². The van der Waals surface area contributed by atoms with E-state index in [1.807, 2.05) is 6.08 Å². The second-order valence-corrected chi connectivity index (χ2v) is 15.8. The van der Waals surface area contributed by atoms with Crippen LogP contribution in [-0.4, -0.2) is 34.9 Å². The van der Waals surface area contributed by atoms with Crippen LogP contribution in [0.1, 0.15) is 194 Å². The minimum atomic E-state index is -0.896. The van der Waals surface area contributed by atoms with Gasteiger partial charge in [0.2, 0.25) is 5.91 Å². The average Bonchev–Trinajstić information content (AvgIpc) is 3.25. The van der Waals surface area contributed by atoms with E-state index >= 15 is 0 Å². The van der Waals surface area contributed by atoms with Crippen LogP contribution in [0.15, 0.2) is 134 Å². The number of nitrogens with one attached hydrogen (secondary N) is 1. The maximum atomic E-state index is 12.4. The molecule has 338 valence electrons. The highest BCUT2D eigenvalue weighted by atomic mass is 16.3. The Hall–Kier alpha value is -3.47. The van der Waals surface area contributed by atoms with E-state index in [1.54, 1.807) is 6.08 Å². The summed E-state index contributed by atoms with van der Waals surface area (Å²) in [5.74, 6) is -0.137. The van der Waals surface area contributed by atoms with Crippen molar-refractivity contribution >= 4 is 5.91 Å². The molecule has 0 aliphatic heterocycles. The number of unbranched alkanes of at least 4 members (excludes halogenated alkanes) is 15. The Balaban J connectivity index is 3.79. The normalized spacial score (nSPS) is 14.1. The molecule has 0 bridgehead atoms. The fourth-order valence-electron chi connectivity index (χ4n) is 6.43. The second-order valence-electron chi connectivity index (χ2n) is 15.8. The number of hydrogen-bond acceptors (Lipinski definition) is 3. The molecular formula is C56H91NO3. The van der Waals surface area contributed by atoms with Gasteiger partial charge in [-0.1, -0.05) is 225 Å². The SMILES string of the molecule is CC/C=C\C/C=C\C/C=C\C/C=C\C/C=C\C/C=C\C/C=C\C/C=C\C/C=C\CCCC(=O)NC(CO)C(O)/C=C/CC/C=C/CCCCCCCCCCCCCCC. The molecule has 4 nitrogen and oxygen atoms in total. The van der Waals surface area contributed by atoms with Gasteiger partial charge < -0.3 is 15.5 Å². The smallest absolute Gasteiger partial charge is 0.220 e. The summed E-state index contributed by atoms with van der Waals surface area (Å²) in [5, 5.41) is 23.0. The summed E-state index contributed by atoms with van der Waals surface area (Å²) in [7, 11) is 0. The van der Waals surface area contributed by atoms with Crippen LogP contribution in [0.3, 0.4) is 0 Å². The molecule has 0 radical (unpaired) electrons. The number of aliphatic hydroxyl groups excluding tert-OH is 2. The lowest BCUT2D eigenvalue weighted by Gasteiger charge is -2.19. The Labute approximate surface area is 371 Å². The van der Waals surface area contributed by atoms with Crippen molar-refractivity contribution in [3.63, 3.8) is 0 Å². The Morgan fingerprint density at radius 2 is 0.750 bits per heavy atom. The summed E-state index contributed by atoms with van der Waals surface area (Å²) in [6.45, 7) is 4.15. The first-order valence-corrected chi connectivity index (χ1v) is 24.4. The lowest BCUT2D eigenvalue weighted by atomic mass is 10.0. The molecule has 0 fully saturated rings. The van der Waals surface area contributed by atoms with Crippen LogP contribution in [0.25, 0.3) is 0 Å². The van der Waals surface area contributed by atoms with Gasteiger partial charge in [-0.3, -0.25) is 4.79 Å². The number of aliphatic hydroxyl groups is 2. The number of amides is 1. The van der Waals surface area contributed by atoms with E-state index < -0.39 is 12.1 Å². The lowest BCUT2D eigenvalue weighted by Crippen LogP contribution is -2.45. The van der Waals surface area contributed by atoms with Gasteiger partial charge in [-0.15, -0.1) is 0 Å². The van der Waals surface area contributed by atoms with Gasteiger partial charge in [0.1, 0.15) is 0 Å². The zero-order valence-electron chi connectivity index (χ0n) is 38.7. The van der Waals surface area contributed by atoms with E-state index in [-0.39, 0.29) is 12.5 Å². The quantitative estimate of drug-likeness (QED) is 0.0424. The van der Waals surface area contributed by atoms with E-state index in [4.69, 9.17) is 0 Å². The Kier molecular flexibility index (Phi) is 47.0. The molecule has 3 N–H and O–H groups in total. The molecule has 0 aromatic rings. The van der Waals surface area contributed by atoms with E-state index in [2.05, 4.69) is 141 Å². The maximum absolute atomic E-state index is 12.4. The molecule has 0 aliphatic carbocycles. The summed E-state index contributed by atoms with van der Waals surface area (Å²) in [6, 6.07) is -0.680. The Morgan fingerprint density at radius 3 is 1.17 bits per heavy atom. The predicted octanol–water partition coefficient (Wildman–Crippen LogP) is 15.9. The summed E-state index contributed by atoms with van der Waals surface area (Å²) in [5.41, 5.74) is 0. The highest BCUT2D eigenvalue weighted by Crippen LogP contribution is 2.13. The van der Waals surface area contributed by atoms with Crippen LogP contribution in [0.5, 0.6) is 0 Å². The topological polar surface area (TPSA) is 69.6 Å². The number of carbonyl (C=O) groups is 1. The van der Waals surface area contributed by atoms with Gasteiger partial charge in [0.15, 0.2) is 0 Å². The molecule has 0 saturated heterocycles. The largest absolute Gasteiger partial charge is 0.394 e. The van der Waals surface area contributed by atoms with Gasteiger partial charge in [-0.25, -0.2) is 0 Å². The first kappa shape index (κ1) is 56.5. The maximum Gasteiger partial charge on any atom is 0.220 e. The summed E-state index contributed by atoms with van der Waals surface area (Å²) in [4.78, 5) is 12.4. The van der Waals surface area contributed by atoms with Crippen LogP contribution in [0, 0.1) is 0 Å². The van der Waals surface area contributed by atoms with E-state index in [9.17, 15) is 15.0 Å². The fourth-order valence-corrected chi connectivity index (χ4v) is 6.43. The van der Waals surface area contributed by atoms with Crippen molar-refractivity contribution in [2.24, 2.45) is 0 Å². The van der Waals surface area contributed by atoms with Crippen LogP contribution in [0.4, 0.5) is 0 Å². The number of rotatable bonds is 42. The lowest BCUT2D eigenvalue weighted by molar-refractivity contribution is -0.122. The third-order valence-corrected chi connectivity index (χ3v) is 10.1. The first-order valence-electron chi connectivity index (χ1n) is 24.4. The van der Waals surface area contributed by atoms with E-state index in [0.29, 0.717) is 6.42 Å². The van der Waals surface area contributed by atoms with Crippen molar-refractivity contribution in [1.29, 1.82) is 0 Å². The monoisotopic (exact) mass is 826 g/mol. The number of carbonyl (C=O) groups excluding carboxylic acids is 1. The van der Waals surface area contributed by atoms with Gasteiger partial charge in [0.25, 0.3) is 0 Å². The predicted molar refractivity (Wildman–Crippen MR) is 266 cm³/mol. The standard InChI is InChI=1S/C56H91NO3/c1-3-5-7-9-11-13-15-17-19-21-23-24-25-26-27-28-29-30-31-32-34-36-38-40-42-44-46-48-50-52-56(60)57-54(53-58)55(59)51-49-47-45-43-41-39-37-35-33-22-20-18-16-14-12-10-8-6-4-2/h5,7,11,13,17,19,23-24,26-27,29-30,32,34,38,40-41,43-44,46,49,51,54-55,58-59H,3-4,6,8-10,12,14-16,18,20-22,25,28,31,33,35-37,39,42,45,47-48,50,52-53H2,1-2H3,(H,57,60)/b7-5-,13-11-,19-17-,24-23-,27-26-,30-29-,34-32-,40-38-,43-41+,46-44-,51-49+. The molecule has 0 saturated carbocycles. The number of hydrogen-bond donors (Lipinski definition) is 3. The molecular weight excluding hydrogens is 735 g/mol. The molecule has 0 spiro atoms. The highest BCUT2D eigenvalue weighted by molar-refractivity contribution is 5.76. The molecule has 0 aromatic carbocycles. The molecule has 0 aliphatic rings. The number of allylic oxidation sites excluding steroid dienone is 21. The van der Waals surface area contributed by atoms with E-state index in [0.717, 1.165) is 89.9 Å². The Morgan fingerprint density at radius 1 is 0.417 bits per heavy atom. The zero-order chi connectivity index (χ0) is 43.5. The Bertz CT molecular complexity index is 1260. The molecule has 4 heteroatoms. The van der Waals surface area contributed by atoms with Crippen molar-refractivity contribution in [2.45, 2.75) is 206 Å². The van der Waals surface area contributed by atoms with Gasteiger partial charge in [-0.2, -0.15) is 0 Å². The highest BCUT2D eigenvalue weighted by Gasteiger charge is 2.17. The van der Waals surface area contributed by atoms with Crippen molar-refractivity contribution in [3.05, 3.63) is 134 Å². The fraction of sp³-hybridized carbons (Fsp3) is 0.589. The van der Waals surface area contributed by atoms with E-state index in [1.165, 1.54) is 83.5 Å². The first-order chi connectivity index (χ1) is 29.7. The van der Waals surface area contributed by atoms with Crippen molar-refractivity contribution < 1.29 is 15.0 Å². The minimum absolute atomic E-state index is 0.137. The van der Waals surface area contributed by atoms with Crippen LogP contribution >= 0.6 is 0 Å². The van der Waals surface area contributed by atoms with Gasteiger partial charge in [-0.05, 0) is 96.3 Å². The molecule has 2 unspecified atom stereocenters. The third-order valence-electron chi connectivity index (χ3n) is 10.1. The third kappa shape index (κ3) is 45.6. The average molecular weight is 826 g/mol. The summed E-state index contributed by atoms with van der Waals surface area (Å²) < 4.78 is 0. The summed E-state index contributed by atoms with van der Waals surface area (Å²) >= 11 is 0. The molecule has 1 amide bonds. The van der Waals surface area contributed by atoms with Crippen molar-refractivity contribution in [2.75, 3.05) is 6.61 Å². The molecule has 0 heterocycles. The van der Waals surface area contributed by atoms with Crippen LogP contribution in [0.2, 0.25) is 0 Å². The van der Waals surface area contributed by atoms with Gasteiger partial charge >= 0.3 is 0 Å². The van der Waals surface area contributed by atoms with Crippen LogP contribution < -0.4 is 5.32 Å². The molecule has 60 heavy (non-hydrogen) atoms. The summed E-state index contributed by atoms with van der Waals surface area (Å²) in [6.07, 6.45) is 78.6. The molecule has 0 rings (SSSR count). The molecule has 0 aromatic heterocycles. The minimum Gasteiger partial charge on any atom is -0.394 e. The van der Waals surface area contributed by atoms with Crippen LogP contribution in [-0.2, 0) is 4.79 Å². The second kappa shape index (κ2) is 49.9. The van der Waals surface area contributed by atoms with Gasteiger partial charge in [0.05, 0.1) is 18.8 Å². The molecule has 2 atom stereocenters. The van der Waals surface area contributed by atoms with Crippen molar-refractivity contribution in [3.8, 4) is 0 Å². The van der Waals surface area contributed by atoms with Gasteiger partial charge in [0, 0.05) is 6.42 Å².